The lowest BCUT2D eigenvalue weighted by Crippen LogP contribution is -2.28. The molecule has 0 radical (unpaired) electrons. The number of hydrogen-bond donors (Lipinski definition) is 2. The Morgan fingerprint density at radius 1 is 1.48 bits per heavy atom. The van der Waals surface area contributed by atoms with Gasteiger partial charge >= 0.3 is 0 Å². The van der Waals surface area contributed by atoms with Gasteiger partial charge in [-0.25, -0.2) is 4.98 Å². The summed E-state index contributed by atoms with van der Waals surface area (Å²) in [4.78, 5) is 19.4. The maximum absolute atomic E-state index is 11.4. The highest BCUT2D eigenvalue weighted by molar-refractivity contribution is 7.15. The molecule has 2 fully saturated rings. The summed E-state index contributed by atoms with van der Waals surface area (Å²) >= 11 is 1.64. The molecule has 6 nitrogen and oxygen atoms in total. The topological polar surface area (TPSA) is 75.7 Å². The van der Waals surface area contributed by atoms with E-state index in [-0.39, 0.29) is 11.8 Å². The summed E-state index contributed by atoms with van der Waals surface area (Å²) < 4.78 is 2.16. The van der Waals surface area contributed by atoms with Crippen molar-refractivity contribution in [2.45, 2.75) is 31.8 Å². The summed E-state index contributed by atoms with van der Waals surface area (Å²) in [6, 6.07) is 0.666. The summed E-state index contributed by atoms with van der Waals surface area (Å²) in [6.45, 7) is 2.38. The number of carbonyl (C=O) groups excluding carboxylic acids is 1. The number of hydrogen-bond acceptors (Lipinski definition) is 5. The molecule has 2 aromatic heterocycles. The summed E-state index contributed by atoms with van der Waals surface area (Å²) in [5.74, 6) is 0.768. The maximum atomic E-state index is 11.4. The van der Waals surface area contributed by atoms with Crippen LogP contribution >= 0.6 is 11.3 Å². The van der Waals surface area contributed by atoms with Crippen LogP contribution in [0.15, 0.2) is 11.6 Å². The first kappa shape index (κ1) is 13.1. The highest BCUT2D eigenvalue weighted by Crippen LogP contribution is 2.30. The van der Waals surface area contributed by atoms with Crippen molar-refractivity contribution in [3.63, 3.8) is 0 Å². The molecule has 1 aliphatic carbocycles. The van der Waals surface area contributed by atoms with Crippen LogP contribution in [0.4, 0.5) is 5.82 Å². The molecule has 1 amide bonds. The molecule has 2 aromatic rings. The zero-order valence-electron chi connectivity index (χ0n) is 11.8. The molecule has 3 heterocycles. The minimum Gasteiger partial charge on any atom is -0.369 e. The molecule has 112 valence electrons. The molecular formula is C14H19N5OS. The van der Waals surface area contributed by atoms with Gasteiger partial charge < -0.3 is 16.0 Å². The van der Waals surface area contributed by atoms with E-state index >= 15 is 0 Å². The second-order valence-electron chi connectivity index (χ2n) is 5.93. The van der Waals surface area contributed by atoms with E-state index in [1.807, 2.05) is 0 Å². The third-order valence-corrected chi connectivity index (χ3v) is 5.12. The highest BCUT2D eigenvalue weighted by Gasteiger charge is 2.30. The lowest BCUT2D eigenvalue weighted by atomic mass is 10.1. The van der Waals surface area contributed by atoms with Gasteiger partial charge in [-0.2, -0.15) is 0 Å². The fourth-order valence-corrected chi connectivity index (χ4v) is 3.68. The minimum atomic E-state index is -0.198. The van der Waals surface area contributed by atoms with E-state index in [9.17, 15) is 4.79 Å². The standard InChI is InChI=1S/C14H19N5OS/c15-12(20)9-3-4-18(8-9)13-11(7-16-10-1-2-10)19-5-6-21-14(19)17-13/h5-6,9-10,16H,1-4,7-8H2,(H2,15,20). The van der Waals surface area contributed by atoms with Crippen LogP contribution in [0.5, 0.6) is 0 Å². The lowest BCUT2D eigenvalue weighted by Gasteiger charge is -2.17. The van der Waals surface area contributed by atoms with Crippen molar-refractivity contribution in [1.29, 1.82) is 0 Å². The largest absolute Gasteiger partial charge is 0.369 e. The van der Waals surface area contributed by atoms with Crippen molar-refractivity contribution in [1.82, 2.24) is 14.7 Å². The van der Waals surface area contributed by atoms with Gasteiger partial charge in [0.25, 0.3) is 0 Å². The molecule has 1 saturated heterocycles. The van der Waals surface area contributed by atoms with Crippen molar-refractivity contribution >= 4 is 28.0 Å². The van der Waals surface area contributed by atoms with E-state index in [0.717, 1.165) is 30.3 Å². The zero-order valence-corrected chi connectivity index (χ0v) is 12.6. The molecule has 21 heavy (non-hydrogen) atoms. The number of imidazole rings is 1. The number of fused-ring (bicyclic) bond motifs is 1. The lowest BCUT2D eigenvalue weighted by molar-refractivity contribution is -0.121. The van der Waals surface area contributed by atoms with E-state index < -0.39 is 0 Å². The third-order valence-electron chi connectivity index (χ3n) is 4.37. The smallest absolute Gasteiger partial charge is 0.222 e. The molecule has 1 unspecified atom stereocenters. The number of rotatable bonds is 5. The second kappa shape index (κ2) is 4.99. The summed E-state index contributed by atoms with van der Waals surface area (Å²) in [6.07, 6.45) is 5.45. The van der Waals surface area contributed by atoms with Gasteiger partial charge in [0.15, 0.2) is 10.8 Å². The van der Waals surface area contributed by atoms with E-state index in [4.69, 9.17) is 10.7 Å². The molecule has 1 saturated carbocycles. The van der Waals surface area contributed by atoms with Crippen LogP contribution < -0.4 is 16.0 Å². The Labute approximate surface area is 126 Å². The Morgan fingerprint density at radius 3 is 3.05 bits per heavy atom. The van der Waals surface area contributed by atoms with Crippen LogP contribution in [0.3, 0.4) is 0 Å². The van der Waals surface area contributed by atoms with Gasteiger partial charge in [-0.05, 0) is 19.3 Å². The normalized spacial score (nSPS) is 22.3. The van der Waals surface area contributed by atoms with E-state index in [1.165, 1.54) is 18.5 Å². The molecule has 0 aromatic carbocycles. The van der Waals surface area contributed by atoms with E-state index in [0.29, 0.717) is 12.6 Å². The molecule has 1 aliphatic heterocycles. The van der Waals surface area contributed by atoms with Crippen molar-refractivity contribution in [3.8, 4) is 0 Å². The fraction of sp³-hybridized carbons (Fsp3) is 0.571. The zero-order chi connectivity index (χ0) is 14.4. The van der Waals surface area contributed by atoms with Gasteiger partial charge in [-0.3, -0.25) is 9.20 Å². The molecule has 7 heteroatoms. The van der Waals surface area contributed by atoms with Gasteiger partial charge in [-0.1, -0.05) is 0 Å². The van der Waals surface area contributed by atoms with E-state index in [2.05, 4.69) is 26.2 Å². The Hall–Kier alpha value is -1.60. The Morgan fingerprint density at radius 2 is 2.33 bits per heavy atom. The Kier molecular flexibility index (Phi) is 3.11. The highest BCUT2D eigenvalue weighted by atomic mass is 32.1. The number of nitrogens with one attached hydrogen (secondary N) is 1. The molecule has 3 N–H and O–H groups in total. The van der Waals surface area contributed by atoms with Crippen molar-refractivity contribution in [2.75, 3.05) is 18.0 Å². The Bertz CT molecular complexity index is 674. The van der Waals surface area contributed by atoms with E-state index in [1.54, 1.807) is 11.3 Å². The number of nitrogens with zero attached hydrogens (tertiary/aromatic N) is 3. The predicted molar refractivity (Wildman–Crippen MR) is 82.4 cm³/mol. The van der Waals surface area contributed by atoms with Crippen LogP contribution in [-0.4, -0.2) is 34.4 Å². The van der Waals surface area contributed by atoms with Gasteiger partial charge in [0.1, 0.15) is 0 Å². The number of anilines is 1. The van der Waals surface area contributed by atoms with Gasteiger partial charge in [0.2, 0.25) is 5.91 Å². The van der Waals surface area contributed by atoms with Crippen molar-refractivity contribution < 1.29 is 4.79 Å². The average Bonchev–Trinajstić information content (AvgIpc) is 2.90. The first-order valence-electron chi connectivity index (χ1n) is 7.44. The van der Waals surface area contributed by atoms with Crippen LogP contribution in [0.1, 0.15) is 25.0 Å². The van der Waals surface area contributed by atoms with Gasteiger partial charge in [-0.15, -0.1) is 11.3 Å². The summed E-state index contributed by atoms with van der Waals surface area (Å²) in [7, 11) is 0. The first-order chi connectivity index (χ1) is 10.2. The molecule has 0 spiro atoms. The van der Waals surface area contributed by atoms with Gasteiger partial charge in [0, 0.05) is 37.3 Å². The molecular weight excluding hydrogens is 286 g/mol. The first-order valence-corrected chi connectivity index (χ1v) is 8.32. The fourth-order valence-electron chi connectivity index (χ4n) is 2.95. The number of primary amides is 1. The van der Waals surface area contributed by atoms with Crippen LogP contribution in [0.2, 0.25) is 0 Å². The maximum Gasteiger partial charge on any atom is 0.222 e. The predicted octanol–water partition coefficient (Wildman–Crippen LogP) is 0.959. The Balaban J connectivity index is 1.62. The van der Waals surface area contributed by atoms with Crippen molar-refractivity contribution in [2.24, 2.45) is 11.7 Å². The molecule has 4 rings (SSSR count). The average molecular weight is 305 g/mol. The SMILES string of the molecule is NC(=O)C1CCN(c2nc3sccn3c2CNC2CC2)C1. The molecule has 0 bridgehead atoms. The number of thiazole rings is 1. The van der Waals surface area contributed by atoms with Crippen LogP contribution in [0.25, 0.3) is 4.96 Å². The second-order valence-corrected chi connectivity index (χ2v) is 6.80. The number of nitrogens with two attached hydrogens (primary N) is 1. The number of aromatic nitrogens is 2. The summed E-state index contributed by atoms with van der Waals surface area (Å²) in [5.41, 5.74) is 6.63. The monoisotopic (exact) mass is 305 g/mol. The quantitative estimate of drug-likeness (QED) is 0.863. The molecule has 1 atom stereocenters. The van der Waals surface area contributed by atoms with Crippen LogP contribution in [-0.2, 0) is 11.3 Å². The number of amides is 1. The number of carbonyl (C=O) groups is 1. The summed E-state index contributed by atoms with van der Waals surface area (Å²) in [5, 5.41) is 5.62. The van der Waals surface area contributed by atoms with Crippen molar-refractivity contribution in [3.05, 3.63) is 17.3 Å². The van der Waals surface area contributed by atoms with Gasteiger partial charge in [0.05, 0.1) is 11.6 Å². The third kappa shape index (κ3) is 2.40. The minimum absolute atomic E-state index is 0.0472. The van der Waals surface area contributed by atoms with Crippen LogP contribution in [0, 0.1) is 5.92 Å². The molecule has 2 aliphatic rings.